The third-order valence-electron chi connectivity index (χ3n) is 7.91. The van der Waals surface area contributed by atoms with Gasteiger partial charge in [-0.1, -0.05) is 25.1 Å². The summed E-state index contributed by atoms with van der Waals surface area (Å²) in [4.78, 5) is 27.2. The lowest BCUT2D eigenvalue weighted by Crippen LogP contribution is -2.27. The molecule has 10 heteroatoms. The minimum Gasteiger partial charge on any atom is -0.481 e. The number of carboxylic acid groups (broad SMARTS) is 1. The molecule has 4 atom stereocenters. The Labute approximate surface area is 217 Å². The number of piperidine rings is 1. The van der Waals surface area contributed by atoms with E-state index in [2.05, 4.69) is 9.97 Å². The average molecular weight is 520 g/mol. The number of para-hydroxylation sites is 1. The van der Waals surface area contributed by atoms with Crippen LogP contribution in [-0.4, -0.2) is 50.1 Å². The molecule has 0 amide bonds. The van der Waals surface area contributed by atoms with Crippen molar-refractivity contribution in [3.8, 4) is 16.9 Å². The molecule has 196 valence electrons. The molecule has 38 heavy (non-hydrogen) atoms. The average Bonchev–Trinajstić information content (AvgIpc) is 3.21. The zero-order chi connectivity index (χ0) is 26.7. The van der Waals surface area contributed by atoms with Crippen LogP contribution in [0.2, 0.25) is 0 Å². The number of carbonyl (C=O) groups is 1. The Hall–Kier alpha value is -4.08. The number of rotatable bonds is 7. The highest BCUT2D eigenvalue weighted by atomic mass is 19.3. The van der Waals surface area contributed by atoms with Gasteiger partial charge in [0, 0.05) is 54.3 Å². The smallest absolute Gasteiger partial charge is 0.387 e. The molecule has 0 radical (unpaired) electrons. The molecule has 0 spiro atoms. The van der Waals surface area contributed by atoms with Gasteiger partial charge in [-0.15, -0.1) is 0 Å². The van der Waals surface area contributed by atoms with Crippen LogP contribution >= 0.6 is 0 Å². The molecule has 1 aliphatic carbocycles. The van der Waals surface area contributed by atoms with Crippen molar-refractivity contribution in [2.24, 2.45) is 17.8 Å². The number of nitrogens with zero attached hydrogens (tertiary/aromatic N) is 5. The Morgan fingerprint density at radius 3 is 2.47 bits per heavy atom. The van der Waals surface area contributed by atoms with E-state index >= 15 is 0 Å². The Kier molecular flexibility index (Phi) is 5.77. The monoisotopic (exact) mass is 519 g/mol. The van der Waals surface area contributed by atoms with E-state index in [9.17, 15) is 18.7 Å². The van der Waals surface area contributed by atoms with Crippen molar-refractivity contribution in [3.05, 3.63) is 71.4 Å². The predicted octanol–water partition coefficient (Wildman–Crippen LogP) is 4.93. The first-order valence-corrected chi connectivity index (χ1v) is 12.6. The first-order chi connectivity index (χ1) is 18.2. The van der Waals surface area contributed by atoms with E-state index in [1.165, 1.54) is 0 Å². The van der Waals surface area contributed by atoms with Gasteiger partial charge in [-0.25, -0.2) is 15.0 Å². The highest BCUT2D eigenvalue weighted by Gasteiger charge is 2.60. The van der Waals surface area contributed by atoms with E-state index < -0.39 is 12.6 Å². The minimum atomic E-state index is -2.91. The van der Waals surface area contributed by atoms with E-state index in [0.29, 0.717) is 24.6 Å². The minimum absolute atomic E-state index is 0.148. The third-order valence-corrected chi connectivity index (χ3v) is 7.91. The van der Waals surface area contributed by atoms with Crippen molar-refractivity contribution in [3.63, 3.8) is 0 Å². The standard InChI is InChI=1S/C28H27F2N5O3/c1-14-8-23-33-16(3)25(15(2)18-6-4-5-7-22(18)38-27(29)30)35(23)13-19(14)17-9-31-28(32-10-17)34-11-20-21(12-34)24(20)26(36)37/h4-10,13,15,20-21,24,27H,11-12H2,1-3H3,(H,36,37)/t15?,20-,21+,24+. The summed E-state index contributed by atoms with van der Waals surface area (Å²) in [5.74, 6) is -0.0881. The molecular weight excluding hydrogens is 492 g/mol. The topological polar surface area (TPSA) is 92.9 Å². The summed E-state index contributed by atoms with van der Waals surface area (Å²) in [6, 6.07) is 8.83. The van der Waals surface area contributed by atoms with E-state index in [0.717, 1.165) is 33.7 Å². The second kappa shape index (κ2) is 9.04. The second-order valence-electron chi connectivity index (χ2n) is 10.2. The fraction of sp³-hybridized carbons (Fsp3) is 0.357. The summed E-state index contributed by atoms with van der Waals surface area (Å²) in [6.07, 6.45) is 5.56. The van der Waals surface area contributed by atoms with Crippen LogP contribution in [0.1, 0.15) is 35.4 Å². The molecule has 1 aromatic carbocycles. The van der Waals surface area contributed by atoms with Gasteiger partial charge in [-0.3, -0.25) is 4.79 Å². The highest BCUT2D eigenvalue weighted by Crippen LogP contribution is 2.52. The first-order valence-electron chi connectivity index (χ1n) is 12.6. The number of fused-ring (bicyclic) bond motifs is 2. The number of anilines is 1. The fourth-order valence-corrected chi connectivity index (χ4v) is 6.01. The molecule has 0 bridgehead atoms. The second-order valence-corrected chi connectivity index (χ2v) is 10.2. The van der Waals surface area contributed by atoms with Crippen molar-refractivity contribution in [2.45, 2.75) is 33.3 Å². The van der Waals surface area contributed by atoms with Gasteiger partial charge in [0.25, 0.3) is 0 Å². The quantitative estimate of drug-likeness (QED) is 0.370. The van der Waals surface area contributed by atoms with Crippen LogP contribution in [0, 0.1) is 31.6 Å². The Morgan fingerprint density at radius 2 is 1.82 bits per heavy atom. The summed E-state index contributed by atoms with van der Waals surface area (Å²) in [5, 5.41) is 9.26. The van der Waals surface area contributed by atoms with Crippen molar-refractivity contribution < 1.29 is 23.4 Å². The van der Waals surface area contributed by atoms with Gasteiger partial charge in [-0.05, 0) is 43.4 Å². The number of imidazole rings is 1. The number of ether oxygens (including phenoxy) is 1. The number of benzene rings is 1. The Balaban J connectivity index is 1.31. The maximum Gasteiger partial charge on any atom is 0.387 e. The third kappa shape index (κ3) is 4.04. The van der Waals surface area contributed by atoms with Crippen LogP contribution in [0.5, 0.6) is 5.75 Å². The number of aliphatic carboxylic acids is 1. The van der Waals surface area contributed by atoms with Crippen LogP contribution < -0.4 is 9.64 Å². The number of halogens is 2. The lowest BCUT2D eigenvalue weighted by atomic mass is 9.95. The van der Waals surface area contributed by atoms with Crippen molar-refractivity contribution in [1.82, 2.24) is 19.4 Å². The van der Waals surface area contributed by atoms with Crippen LogP contribution in [0.15, 0.2) is 48.9 Å². The summed E-state index contributed by atoms with van der Waals surface area (Å²) in [5.41, 5.74) is 5.88. The highest BCUT2D eigenvalue weighted by molar-refractivity contribution is 5.75. The number of alkyl halides is 2. The Morgan fingerprint density at radius 1 is 1.13 bits per heavy atom. The van der Waals surface area contributed by atoms with E-state index in [1.807, 2.05) is 48.4 Å². The Bertz CT molecular complexity index is 1530. The molecule has 1 saturated heterocycles. The summed E-state index contributed by atoms with van der Waals surface area (Å²) < 4.78 is 32.9. The van der Waals surface area contributed by atoms with Gasteiger partial charge in [0.15, 0.2) is 0 Å². The maximum atomic E-state index is 13.0. The number of aromatic nitrogens is 4. The molecule has 1 N–H and O–H groups in total. The number of hydrogen-bond acceptors (Lipinski definition) is 6. The van der Waals surface area contributed by atoms with Crippen molar-refractivity contribution in [1.29, 1.82) is 0 Å². The summed E-state index contributed by atoms with van der Waals surface area (Å²) in [7, 11) is 0. The lowest BCUT2D eigenvalue weighted by molar-refractivity contribution is -0.139. The van der Waals surface area contributed by atoms with Gasteiger partial charge in [-0.2, -0.15) is 8.78 Å². The first kappa shape index (κ1) is 24.3. The molecule has 3 aromatic heterocycles. The summed E-state index contributed by atoms with van der Waals surface area (Å²) >= 11 is 0. The molecule has 1 saturated carbocycles. The molecule has 2 fully saturated rings. The van der Waals surface area contributed by atoms with E-state index in [1.54, 1.807) is 30.6 Å². The van der Waals surface area contributed by atoms with Gasteiger partial charge in [0.1, 0.15) is 11.4 Å². The van der Waals surface area contributed by atoms with Gasteiger partial charge < -0.3 is 19.1 Å². The van der Waals surface area contributed by atoms with Gasteiger partial charge in [0.05, 0.1) is 17.3 Å². The normalized spacial score (nSPS) is 21.1. The summed E-state index contributed by atoms with van der Waals surface area (Å²) in [6.45, 7) is 4.29. The molecule has 8 nitrogen and oxygen atoms in total. The molecule has 2 aliphatic rings. The zero-order valence-electron chi connectivity index (χ0n) is 21.2. The largest absolute Gasteiger partial charge is 0.481 e. The van der Waals surface area contributed by atoms with Crippen LogP contribution in [0.4, 0.5) is 14.7 Å². The predicted molar refractivity (Wildman–Crippen MR) is 137 cm³/mol. The van der Waals surface area contributed by atoms with Gasteiger partial charge in [0.2, 0.25) is 5.95 Å². The zero-order valence-corrected chi connectivity index (χ0v) is 21.2. The van der Waals surface area contributed by atoms with E-state index in [4.69, 9.17) is 9.72 Å². The van der Waals surface area contributed by atoms with Crippen molar-refractivity contribution in [2.75, 3.05) is 18.0 Å². The molecule has 4 aromatic rings. The number of pyridine rings is 1. The fourth-order valence-electron chi connectivity index (χ4n) is 6.01. The molecule has 4 heterocycles. The number of carboxylic acids is 1. The van der Waals surface area contributed by atoms with Crippen LogP contribution in [0.25, 0.3) is 16.8 Å². The molecule has 1 unspecified atom stereocenters. The maximum absolute atomic E-state index is 13.0. The molecular formula is C28H27F2N5O3. The number of aryl methyl sites for hydroxylation is 2. The van der Waals surface area contributed by atoms with Crippen LogP contribution in [-0.2, 0) is 4.79 Å². The lowest BCUT2D eigenvalue weighted by Gasteiger charge is -2.19. The SMILES string of the molecule is Cc1cc2nc(C)c(C(C)c3ccccc3OC(F)F)n2cc1-c1cnc(N2C[C@@H]3[C@H](C2)[C@H]3C(=O)O)nc1. The molecule has 1 aliphatic heterocycles. The van der Waals surface area contributed by atoms with Gasteiger partial charge >= 0.3 is 12.6 Å². The van der Waals surface area contributed by atoms with Crippen molar-refractivity contribution >= 4 is 17.6 Å². The van der Waals surface area contributed by atoms with Crippen LogP contribution in [0.3, 0.4) is 0 Å². The van der Waals surface area contributed by atoms with E-state index in [-0.39, 0.29) is 29.4 Å². The number of hydrogen-bond donors (Lipinski definition) is 1. The molecule has 6 rings (SSSR count).